The van der Waals surface area contributed by atoms with Gasteiger partial charge >= 0.3 is 11.9 Å². The third-order valence-electron chi connectivity index (χ3n) is 15.6. The SMILES string of the molecule is CC(=O)OCC1O[C@@H](n2cc(CN3C[C@@H](C)C[C@H]4O[C@]5(CC[C@@H]6C(=C5C)C[C@H]5[C@H]6CC=C6C[C@@H](O)CC[C@@]65C)[C@H](C)[C@@H]43)nn2)[C@@H](OC(C)=O)C(C)[C@@H]1C. The summed E-state index contributed by atoms with van der Waals surface area (Å²) >= 11 is 0. The molecular formula is C42H62N4O7. The molecule has 292 valence electrons. The highest BCUT2D eigenvalue weighted by molar-refractivity contribution is 5.66. The molecule has 53 heavy (non-hydrogen) atoms. The fraction of sp³-hybridized carbons (Fsp3) is 0.810. The Morgan fingerprint density at radius 2 is 1.87 bits per heavy atom. The van der Waals surface area contributed by atoms with Gasteiger partial charge in [0, 0.05) is 44.8 Å². The number of nitrogens with zero attached hydrogens (tertiary/aromatic N) is 4. The summed E-state index contributed by atoms with van der Waals surface area (Å²) in [6.07, 6.45) is 11.4. The van der Waals surface area contributed by atoms with Crippen LogP contribution >= 0.6 is 0 Å². The van der Waals surface area contributed by atoms with Gasteiger partial charge in [0.05, 0.1) is 35.8 Å². The number of aliphatic hydroxyl groups is 1. The molecule has 3 aliphatic heterocycles. The highest BCUT2D eigenvalue weighted by Crippen LogP contribution is 2.65. The molecule has 1 N–H and O–H groups in total. The van der Waals surface area contributed by atoms with E-state index in [2.05, 4.69) is 49.0 Å². The molecule has 11 nitrogen and oxygen atoms in total. The van der Waals surface area contributed by atoms with Crippen LogP contribution in [0.2, 0.25) is 0 Å². The van der Waals surface area contributed by atoms with E-state index in [1.54, 1.807) is 10.3 Å². The van der Waals surface area contributed by atoms with E-state index < -0.39 is 12.3 Å². The fourth-order valence-corrected chi connectivity index (χ4v) is 12.6. The van der Waals surface area contributed by atoms with Gasteiger partial charge in [-0.05, 0) is 98.9 Å². The summed E-state index contributed by atoms with van der Waals surface area (Å²) in [6.45, 7) is 18.3. The van der Waals surface area contributed by atoms with E-state index in [-0.39, 0.29) is 65.8 Å². The number of aliphatic hydroxyl groups excluding tert-OH is 1. The number of likely N-dealkylation sites (tertiary alicyclic amines) is 1. The van der Waals surface area contributed by atoms with Gasteiger partial charge in [0.25, 0.3) is 0 Å². The number of ether oxygens (including phenoxy) is 4. The molecule has 15 atom stereocenters. The van der Waals surface area contributed by atoms with Crippen molar-refractivity contribution in [1.82, 2.24) is 19.9 Å². The van der Waals surface area contributed by atoms with E-state index in [9.17, 15) is 14.7 Å². The van der Waals surface area contributed by atoms with E-state index in [1.165, 1.54) is 37.8 Å². The number of hydrogen-bond acceptors (Lipinski definition) is 10. The molecule has 2 saturated carbocycles. The van der Waals surface area contributed by atoms with Crippen LogP contribution in [0.3, 0.4) is 0 Å². The first-order valence-electron chi connectivity index (χ1n) is 20.6. The zero-order valence-electron chi connectivity index (χ0n) is 33.1. The number of carbonyl (C=O) groups excluding carboxylic acids is 2. The van der Waals surface area contributed by atoms with Crippen LogP contribution in [0.5, 0.6) is 0 Å². The fourth-order valence-electron chi connectivity index (χ4n) is 12.6. The number of esters is 2. The zero-order chi connectivity index (χ0) is 37.6. The van der Waals surface area contributed by atoms with Crippen molar-refractivity contribution in [2.45, 2.75) is 156 Å². The third kappa shape index (κ3) is 6.24. The van der Waals surface area contributed by atoms with Crippen molar-refractivity contribution < 1.29 is 33.6 Å². The average molecular weight is 735 g/mol. The largest absolute Gasteiger partial charge is 0.463 e. The minimum absolute atomic E-state index is 0.0128. The van der Waals surface area contributed by atoms with Gasteiger partial charge in [-0.2, -0.15) is 0 Å². The van der Waals surface area contributed by atoms with Gasteiger partial charge in [0.2, 0.25) is 0 Å². The van der Waals surface area contributed by atoms with Gasteiger partial charge in [-0.25, -0.2) is 4.68 Å². The number of rotatable bonds is 6. The van der Waals surface area contributed by atoms with Crippen molar-refractivity contribution in [2.24, 2.45) is 46.8 Å². The van der Waals surface area contributed by atoms with Crippen LogP contribution in [0.25, 0.3) is 0 Å². The van der Waals surface area contributed by atoms with Crippen LogP contribution in [0.1, 0.15) is 119 Å². The standard InChI is InChI=1S/C42H62N4O7/c1-22-15-36-38(26(5)42(53-36)14-12-32-33-10-9-29-16-31(49)11-13-41(29,8)35(33)17-34(32)25(42)4)45(18-22)19-30-20-46(44-43-30)40-39(51-28(7)48)24(3)23(2)37(52-40)21-50-27(6)47/h9,20,22-24,26,31-33,35-40,49H,10-19,21H2,1-8H3/t22-,23-,24?,26+,31-,32-,33-,35-,36+,37?,38-,39-,40+,41-,42-/m0/s1. The molecule has 0 amide bonds. The molecule has 2 unspecified atom stereocenters. The molecule has 1 aromatic heterocycles. The minimum atomic E-state index is -0.691. The summed E-state index contributed by atoms with van der Waals surface area (Å²) in [6, 6.07) is 0.270. The van der Waals surface area contributed by atoms with Crippen molar-refractivity contribution in [2.75, 3.05) is 13.2 Å². The van der Waals surface area contributed by atoms with Gasteiger partial charge < -0.3 is 24.1 Å². The van der Waals surface area contributed by atoms with Crippen LogP contribution in [0.15, 0.2) is 29.0 Å². The van der Waals surface area contributed by atoms with Gasteiger partial charge in [0.15, 0.2) is 12.3 Å². The molecule has 3 saturated heterocycles. The summed E-state index contributed by atoms with van der Waals surface area (Å²) in [4.78, 5) is 26.4. The number of fused-ring (bicyclic) bond motifs is 6. The number of aromatic nitrogens is 3. The summed E-state index contributed by atoms with van der Waals surface area (Å²) in [5, 5.41) is 19.7. The number of allylic oxidation sites excluding steroid dienone is 2. The lowest BCUT2D eigenvalue weighted by atomic mass is 9.56. The van der Waals surface area contributed by atoms with Gasteiger partial charge in [-0.3, -0.25) is 14.5 Å². The molecule has 11 heteroatoms. The number of carbonyl (C=O) groups is 2. The Kier molecular flexibility index (Phi) is 9.76. The Balaban J connectivity index is 1.02. The maximum Gasteiger partial charge on any atom is 0.303 e. The number of hydrogen-bond donors (Lipinski definition) is 1. The summed E-state index contributed by atoms with van der Waals surface area (Å²) < 4.78 is 26.7. The molecule has 4 aliphatic carbocycles. The Hall–Kier alpha value is -2.60. The first-order valence-corrected chi connectivity index (χ1v) is 20.6. The van der Waals surface area contributed by atoms with Crippen molar-refractivity contribution in [1.29, 1.82) is 0 Å². The second kappa shape index (κ2) is 13.9. The molecule has 0 radical (unpaired) electrons. The second-order valence-corrected chi connectivity index (χ2v) is 18.5. The predicted molar refractivity (Wildman–Crippen MR) is 197 cm³/mol. The zero-order valence-corrected chi connectivity index (χ0v) is 33.1. The quantitative estimate of drug-likeness (QED) is 0.268. The van der Waals surface area contributed by atoms with Crippen molar-refractivity contribution in [3.8, 4) is 0 Å². The van der Waals surface area contributed by atoms with E-state index >= 15 is 0 Å². The van der Waals surface area contributed by atoms with Gasteiger partial charge in [-0.15, -0.1) is 5.10 Å². The van der Waals surface area contributed by atoms with E-state index in [0.717, 1.165) is 50.8 Å². The molecule has 5 fully saturated rings. The lowest BCUT2D eigenvalue weighted by molar-refractivity contribution is -0.227. The van der Waals surface area contributed by atoms with Crippen molar-refractivity contribution in [3.63, 3.8) is 0 Å². The Labute approximate surface area is 315 Å². The molecule has 1 aromatic rings. The third-order valence-corrected chi connectivity index (χ3v) is 15.6. The summed E-state index contributed by atoms with van der Waals surface area (Å²) in [7, 11) is 0. The van der Waals surface area contributed by atoms with E-state index in [4.69, 9.17) is 18.9 Å². The lowest BCUT2D eigenvalue weighted by Gasteiger charge is -2.49. The Morgan fingerprint density at radius 3 is 2.62 bits per heavy atom. The topological polar surface area (TPSA) is 125 Å². The highest BCUT2D eigenvalue weighted by atomic mass is 16.6. The first-order chi connectivity index (χ1) is 25.2. The number of piperidine rings is 1. The van der Waals surface area contributed by atoms with Crippen molar-refractivity contribution >= 4 is 11.9 Å². The van der Waals surface area contributed by atoms with Crippen molar-refractivity contribution in [3.05, 3.63) is 34.7 Å². The van der Waals surface area contributed by atoms with Gasteiger partial charge in [-0.1, -0.05) is 57.1 Å². The molecule has 4 heterocycles. The second-order valence-electron chi connectivity index (χ2n) is 18.5. The molecule has 0 aromatic carbocycles. The first kappa shape index (κ1) is 37.3. The Morgan fingerprint density at radius 1 is 1.08 bits per heavy atom. The lowest BCUT2D eigenvalue weighted by Crippen LogP contribution is -2.51. The molecule has 1 spiro atoms. The van der Waals surface area contributed by atoms with Gasteiger partial charge in [0.1, 0.15) is 6.61 Å². The smallest absolute Gasteiger partial charge is 0.303 e. The van der Waals surface area contributed by atoms with Crippen LogP contribution in [0, 0.1) is 46.8 Å². The van der Waals surface area contributed by atoms with E-state index in [1.807, 2.05) is 20.0 Å². The average Bonchev–Trinajstić information content (AvgIpc) is 3.80. The summed E-state index contributed by atoms with van der Waals surface area (Å²) in [5.41, 5.74) is 5.52. The maximum absolute atomic E-state index is 12.2. The molecule has 8 rings (SSSR count). The van der Waals surface area contributed by atoms with Crippen LogP contribution in [-0.4, -0.2) is 86.1 Å². The maximum atomic E-state index is 12.2. The predicted octanol–water partition coefficient (Wildman–Crippen LogP) is 6.17. The van der Waals surface area contributed by atoms with E-state index in [0.29, 0.717) is 36.1 Å². The Bertz CT molecular complexity index is 1650. The van der Waals surface area contributed by atoms with Crippen LogP contribution < -0.4 is 0 Å². The molecule has 7 aliphatic rings. The molecule has 0 bridgehead atoms. The molecular weight excluding hydrogens is 672 g/mol. The summed E-state index contributed by atoms with van der Waals surface area (Å²) in [5.74, 6) is 2.02. The minimum Gasteiger partial charge on any atom is -0.463 e. The monoisotopic (exact) mass is 734 g/mol. The van der Waals surface area contributed by atoms with Crippen LogP contribution in [0.4, 0.5) is 0 Å². The van der Waals surface area contributed by atoms with Crippen LogP contribution in [-0.2, 0) is 35.1 Å². The highest BCUT2D eigenvalue weighted by Gasteiger charge is 2.61. The normalized spacial score (nSPS) is 45.2.